The van der Waals surface area contributed by atoms with Crippen LogP contribution in [0.1, 0.15) is 32.6 Å². The van der Waals surface area contributed by atoms with Gasteiger partial charge in [0.15, 0.2) is 12.4 Å². The number of halogens is 8. The Balaban J connectivity index is 0.000000431. The highest BCUT2D eigenvalue weighted by Gasteiger charge is 2.21. The number of hydrogen-bond donors (Lipinski definition) is 0. The first-order valence-corrected chi connectivity index (χ1v) is 10.7. The molecule has 0 radical (unpaired) electrons. The molecule has 32 heavy (non-hydrogen) atoms. The van der Waals surface area contributed by atoms with Gasteiger partial charge in [0, 0.05) is 24.6 Å². The Morgan fingerprint density at radius 2 is 1.31 bits per heavy atom. The first kappa shape index (κ1) is 27.9. The summed E-state index contributed by atoms with van der Waals surface area (Å²) in [4.78, 5) is 0. The van der Waals surface area contributed by atoms with E-state index >= 15 is 0 Å². The summed E-state index contributed by atoms with van der Waals surface area (Å²) in [7, 11) is -9.85. The molecule has 0 bridgehead atoms. The van der Waals surface area contributed by atoms with Crippen molar-refractivity contribution in [2.45, 2.75) is 39.2 Å². The molecular weight excluding hydrogens is 462 g/mol. The summed E-state index contributed by atoms with van der Waals surface area (Å²) in [6.07, 6.45) is 9.67. The predicted molar refractivity (Wildman–Crippen MR) is 113 cm³/mol. The molecule has 0 N–H and O–H groups in total. The number of nitrogens with zero attached hydrogens (tertiary/aromatic N) is 2. The van der Waals surface area contributed by atoms with E-state index in [0.717, 1.165) is 6.54 Å². The standard InChI is InChI=1S/C19H24N2S.2BF4/c1-3-4-5-8-13-21-14-11-16(12-15-21)19-20(2)17-9-6-7-10-18(17)22-19;2*2-1(3,4)5/h6-7,9-12,14-15H,3-5,8,13H2,1-2H3;;/q+2;2*-1. The third-order valence-corrected chi connectivity index (χ3v) is 5.41. The second-order valence-corrected chi connectivity index (χ2v) is 7.84. The van der Waals surface area contributed by atoms with Gasteiger partial charge in [0.1, 0.15) is 18.3 Å². The van der Waals surface area contributed by atoms with Crippen molar-refractivity contribution in [1.29, 1.82) is 0 Å². The highest BCUT2D eigenvalue weighted by atomic mass is 32.1. The van der Waals surface area contributed by atoms with Crippen LogP contribution in [0.25, 0.3) is 20.8 Å². The lowest BCUT2D eigenvalue weighted by atomic mass is 10.2. The normalized spacial score (nSPS) is 11.4. The molecule has 2 aromatic heterocycles. The lowest BCUT2D eigenvalue weighted by molar-refractivity contribution is -0.697. The van der Waals surface area contributed by atoms with E-state index in [9.17, 15) is 34.5 Å². The van der Waals surface area contributed by atoms with Crippen LogP contribution in [-0.2, 0) is 13.6 Å². The van der Waals surface area contributed by atoms with Crippen molar-refractivity contribution in [3.8, 4) is 10.6 Å². The average molecular weight is 486 g/mol. The fourth-order valence-corrected chi connectivity index (χ4v) is 3.98. The minimum Gasteiger partial charge on any atom is -0.418 e. The van der Waals surface area contributed by atoms with Crippen LogP contribution in [0.15, 0.2) is 48.8 Å². The smallest absolute Gasteiger partial charge is 0.418 e. The van der Waals surface area contributed by atoms with E-state index in [-0.39, 0.29) is 0 Å². The highest BCUT2D eigenvalue weighted by Crippen LogP contribution is 2.27. The third-order valence-electron chi connectivity index (χ3n) is 4.15. The van der Waals surface area contributed by atoms with Gasteiger partial charge < -0.3 is 34.5 Å². The Labute approximate surface area is 185 Å². The van der Waals surface area contributed by atoms with Crippen LogP contribution >= 0.6 is 11.3 Å². The molecule has 2 nitrogen and oxygen atoms in total. The Morgan fingerprint density at radius 1 is 0.781 bits per heavy atom. The first-order chi connectivity index (χ1) is 14.8. The Kier molecular flexibility index (Phi) is 11.1. The number of hydrogen-bond acceptors (Lipinski definition) is 1. The monoisotopic (exact) mass is 486 g/mol. The highest BCUT2D eigenvalue weighted by molar-refractivity contribution is 7.21. The molecule has 0 atom stereocenters. The van der Waals surface area contributed by atoms with Crippen LogP contribution in [-0.4, -0.2) is 14.5 Å². The van der Waals surface area contributed by atoms with Crippen LogP contribution in [0.4, 0.5) is 34.5 Å². The SMILES string of the molecule is CCCCCC[n+]1ccc(-c2sc3ccccc3[n+]2C)cc1.F[B-](F)(F)F.F[B-](F)(F)F. The second-order valence-electron chi connectivity index (χ2n) is 6.81. The van der Waals surface area contributed by atoms with Crippen molar-refractivity contribution >= 4 is 36.1 Å². The lowest BCUT2D eigenvalue weighted by Gasteiger charge is -1.98. The van der Waals surface area contributed by atoms with Crippen LogP contribution in [0.3, 0.4) is 0 Å². The van der Waals surface area contributed by atoms with Gasteiger partial charge in [-0.25, -0.2) is 4.57 Å². The molecule has 178 valence electrons. The van der Waals surface area contributed by atoms with Crippen molar-refractivity contribution in [3.05, 3.63) is 48.8 Å². The zero-order valence-electron chi connectivity index (χ0n) is 17.6. The van der Waals surface area contributed by atoms with Crippen LogP contribution in [0.2, 0.25) is 0 Å². The number of fused-ring (bicyclic) bond motifs is 1. The second kappa shape index (κ2) is 12.8. The first-order valence-electron chi connectivity index (χ1n) is 9.91. The van der Waals surface area contributed by atoms with Crippen LogP contribution < -0.4 is 9.13 Å². The summed E-state index contributed by atoms with van der Waals surface area (Å²) in [6.45, 7) is 3.38. The molecule has 2 heterocycles. The quantitative estimate of drug-likeness (QED) is 0.156. The molecule has 0 aliphatic heterocycles. The van der Waals surface area contributed by atoms with Crippen LogP contribution in [0, 0.1) is 0 Å². The van der Waals surface area contributed by atoms with Gasteiger partial charge in [-0.05, 0) is 12.5 Å². The lowest BCUT2D eigenvalue weighted by Crippen LogP contribution is -2.33. The number of para-hydroxylation sites is 1. The molecular formula is C19H24B2F8N2S. The number of pyridine rings is 1. The molecule has 13 heteroatoms. The van der Waals surface area contributed by atoms with E-state index in [0.29, 0.717) is 0 Å². The van der Waals surface area contributed by atoms with E-state index < -0.39 is 14.5 Å². The number of rotatable bonds is 6. The Bertz CT molecular complexity index is 919. The zero-order valence-corrected chi connectivity index (χ0v) is 18.5. The van der Waals surface area contributed by atoms with Gasteiger partial charge in [0.25, 0.3) is 5.01 Å². The van der Waals surface area contributed by atoms with Gasteiger partial charge in [0.05, 0.1) is 5.56 Å². The van der Waals surface area contributed by atoms with Gasteiger partial charge in [-0.15, -0.1) is 0 Å². The summed E-state index contributed by atoms with van der Waals surface area (Å²) in [5, 5.41) is 1.32. The number of aryl methyl sites for hydroxylation is 2. The minimum absolute atomic E-state index is 1.12. The molecule has 3 rings (SSSR count). The van der Waals surface area contributed by atoms with Crippen molar-refractivity contribution < 1.29 is 43.7 Å². The zero-order chi connectivity index (χ0) is 24.4. The van der Waals surface area contributed by atoms with Gasteiger partial charge in [-0.1, -0.05) is 43.2 Å². The predicted octanol–water partition coefficient (Wildman–Crippen LogP) is 6.86. The molecule has 0 saturated heterocycles. The number of unbranched alkanes of at least 4 members (excludes halogenated alkanes) is 3. The van der Waals surface area contributed by atoms with Crippen LogP contribution in [0.5, 0.6) is 0 Å². The Hall–Kier alpha value is -2.17. The maximum atomic E-state index is 9.75. The molecule has 0 unspecified atom stereocenters. The van der Waals surface area contributed by atoms with Crippen molar-refractivity contribution in [2.24, 2.45) is 7.05 Å². The summed E-state index contributed by atoms with van der Waals surface area (Å²) in [6, 6.07) is 13.1. The van der Waals surface area contributed by atoms with Crippen molar-refractivity contribution in [3.63, 3.8) is 0 Å². The van der Waals surface area contributed by atoms with Crippen molar-refractivity contribution in [1.82, 2.24) is 0 Å². The van der Waals surface area contributed by atoms with E-state index in [1.165, 1.54) is 46.5 Å². The molecule has 0 amide bonds. The summed E-state index contributed by atoms with van der Waals surface area (Å²) in [5.74, 6) is 0. The van der Waals surface area contributed by atoms with Gasteiger partial charge in [-0.3, -0.25) is 0 Å². The van der Waals surface area contributed by atoms with Gasteiger partial charge in [0.2, 0.25) is 5.52 Å². The van der Waals surface area contributed by atoms with Gasteiger partial charge >= 0.3 is 14.5 Å². The Morgan fingerprint density at radius 3 is 1.81 bits per heavy atom. The molecule has 0 saturated carbocycles. The maximum Gasteiger partial charge on any atom is 0.673 e. The summed E-state index contributed by atoms with van der Waals surface area (Å²) < 4.78 is 83.9. The fourth-order valence-electron chi connectivity index (χ4n) is 2.83. The maximum absolute atomic E-state index is 9.75. The molecule has 0 aliphatic carbocycles. The topological polar surface area (TPSA) is 7.76 Å². The van der Waals surface area contributed by atoms with E-state index in [2.05, 4.69) is 71.9 Å². The third kappa shape index (κ3) is 12.0. The summed E-state index contributed by atoms with van der Waals surface area (Å²) in [5.41, 5.74) is 2.60. The molecule has 1 aromatic carbocycles. The summed E-state index contributed by atoms with van der Waals surface area (Å²) >= 11 is 1.86. The molecule has 0 aliphatic rings. The number of benzene rings is 1. The van der Waals surface area contributed by atoms with E-state index in [1.54, 1.807) is 0 Å². The minimum atomic E-state index is -6.00. The molecule has 0 fully saturated rings. The number of thiazole rings is 1. The van der Waals surface area contributed by atoms with E-state index in [1.807, 2.05) is 11.3 Å². The molecule has 3 aromatic rings. The van der Waals surface area contributed by atoms with E-state index in [4.69, 9.17) is 0 Å². The van der Waals surface area contributed by atoms with Crippen molar-refractivity contribution in [2.75, 3.05) is 0 Å². The largest absolute Gasteiger partial charge is 0.673 e. The van der Waals surface area contributed by atoms with Gasteiger partial charge in [-0.2, -0.15) is 4.57 Å². The number of aromatic nitrogens is 2. The average Bonchev–Trinajstić information content (AvgIpc) is 3.00. The molecule has 0 spiro atoms. The fraction of sp³-hybridized carbons (Fsp3) is 0.368.